The number of sulfonamides is 1. The molecule has 3 aliphatic rings. The molecule has 2 saturated heterocycles. The first-order chi connectivity index (χ1) is 19.2. The van der Waals surface area contributed by atoms with E-state index in [2.05, 4.69) is 0 Å². The summed E-state index contributed by atoms with van der Waals surface area (Å²) in [6, 6.07) is 21.3. The number of hydrogen-bond donors (Lipinski definition) is 1. The zero-order valence-electron chi connectivity index (χ0n) is 22.3. The van der Waals surface area contributed by atoms with Crippen LogP contribution in [0.3, 0.4) is 0 Å². The lowest BCUT2D eigenvalue weighted by Gasteiger charge is -2.44. The molecule has 0 unspecified atom stereocenters. The molecule has 3 heterocycles. The Bertz CT molecular complexity index is 1560. The fourth-order valence-corrected chi connectivity index (χ4v) is 8.12. The van der Waals surface area contributed by atoms with Crippen LogP contribution in [0, 0.1) is 0 Å². The highest BCUT2D eigenvalue weighted by molar-refractivity contribution is 7.92. The largest absolute Gasteiger partial charge is 0.494 e. The SMILES string of the molecule is C[C@H]1C(=O)N2[C@@H](C[C@]3(c4ccc(OCCCO)cc4)c4ccccc4N(S(=O)(=O)c4ccccc4)[C@H]23)C(=O)N1C. The van der Waals surface area contributed by atoms with Crippen LogP contribution in [0.5, 0.6) is 5.75 Å². The number of benzene rings is 3. The fraction of sp³-hybridized carbons (Fsp3) is 0.333. The number of carbonyl (C=O) groups excluding carboxylic acids is 2. The second kappa shape index (κ2) is 9.64. The van der Waals surface area contributed by atoms with Gasteiger partial charge < -0.3 is 19.6 Å². The molecule has 9 nitrogen and oxygen atoms in total. The van der Waals surface area contributed by atoms with Gasteiger partial charge in [-0.15, -0.1) is 0 Å². The molecule has 0 bridgehead atoms. The molecule has 1 N–H and O–H groups in total. The topological polar surface area (TPSA) is 107 Å². The number of aliphatic hydroxyl groups excluding tert-OH is 1. The Morgan fingerprint density at radius 3 is 2.33 bits per heavy atom. The minimum atomic E-state index is -4.13. The second-order valence-electron chi connectivity index (χ2n) is 10.5. The van der Waals surface area contributed by atoms with Gasteiger partial charge in [0.05, 0.1) is 22.6 Å². The van der Waals surface area contributed by atoms with Gasteiger partial charge in [0, 0.05) is 20.1 Å². The van der Waals surface area contributed by atoms with Gasteiger partial charge in [-0.1, -0.05) is 48.5 Å². The zero-order chi connectivity index (χ0) is 28.2. The van der Waals surface area contributed by atoms with Gasteiger partial charge in [0.1, 0.15) is 24.0 Å². The first kappa shape index (κ1) is 26.3. The molecule has 0 spiro atoms. The van der Waals surface area contributed by atoms with Gasteiger partial charge >= 0.3 is 0 Å². The number of piperazine rings is 1. The second-order valence-corrected chi connectivity index (χ2v) is 12.3. The number of ether oxygens (including phenoxy) is 1. The average Bonchev–Trinajstić information content (AvgIpc) is 3.47. The Hall–Kier alpha value is -3.89. The van der Waals surface area contributed by atoms with Crippen LogP contribution < -0.4 is 9.04 Å². The molecule has 2 amide bonds. The standard InChI is InChI=1S/C30H31N3O6S/c1-20-27(35)32-26(28(36)31(20)2)19-30(21-13-15-22(16-14-21)39-18-8-17-34)24-11-6-7-12-25(24)33(29(30)32)40(37,38)23-9-4-3-5-10-23/h3-7,9-16,20,26,29,34H,8,17-19H2,1-2H3/t20-,26-,29-,30-/m0/s1. The van der Waals surface area contributed by atoms with Crippen LogP contribution in [0.2, 0.25) is 0 Å². The van der Waals surface area contributed by atoms with Crippen LogP contribution >= 0.6 is 0 Å². The summed E-state index contributed by atoms with van der Waals surface area (Å²) in [6.07, 6.45) is -0.240. The fourth-order valence-electron chi connectivity index (χ4n) is 6.43. The van der Waals surface area contributed by atoms with Crippen LogP contribution in [0.1, 0.15) is 30.9 Å². The predicted molar refractivity (Wildman–Crippen MR) is 148 cm³/mol. The summed E-state index contributed by atoms with van der Waals surface area (Å²) in [5.41, 5.74) is 1.03. The van der Waals surface area contributed by atoms with Gasteiger partial charge in [0.15, 0.2) is 0 Å². The monoisotopic (exact) mass is 561 g/mol. The maximum Gasteiger partial charge on any atom is 0.266 e. The average molecular weight is 562 g/mol. The molecule has 6 rings (SSSR count). The number of anilines is 1. The van der Waals surface area contributed by atoms with Crippen LogP contribution in [-0.2, 0) is 25.0 Å². The third-order valence-corrected chi connectivity index (χ3v) is 10.2. The number of carbonyl (C=O) groups is 2. The number of rotatable bonds is 7. The van der Waals surface area contributed by atoms with E-state index in [9.17, 15) is 18.0 Å². The number of likely N-dealkylation sites (N-methyl/N-ethyl adjacent to an activating group) is 1. The van der Waals surface area contributed by atoms with Gasteiger partial charge in [0.25, 0.3) is 10.0 Å². The zero-order valence-corrected chi connectivity index (χ0v) is 23.1. The number of fused-ring (bicyclic) bond motifs is 5. The predicted octanol–water partition coefficient (Wildman–Crippen LogP) is 2.73. The van der Waals surface area contributed by atoms with Crippen molar-refractivity contribution in [2.24, 2.45) is 0 Å². The Kier molecular flexibility index (Phi) is 6.35. The molecular weight excluding hydrogens is 530 g/mol. The van der Waals surface area contributed by atoms with E-state index in [0.29, 0.717) is 24.5 Å². The van der Waals surface area contributed by atoms with E-state index in [4.69, 9.17) is 9.84 Å². The third-order valence-electron chi connectivity index (χ3n) is 8.47. The van der Waals surface area contributed by atoms with Crippen LogP contribution in [0.4, 0.5) is 5.69 Å². The minimum Gasteiger partial charge on any atom is -0.494 e. The third kappa shape index (κ3) is 3.66. The van der Waals surface area contributed by atoms with Crippen molar-refractivity contribution in [3.8, 4) is 5.75 Å². The summed E-state index contributed by atoms with van der Waals surface area (Å²) in [7, 11) is -2.51. The smallest absolute Gasteiger partial charge is 0.266 e. The van der Waals surface area contributed by atoms with Crippen molar-refractivity contribution >= 4 is 27.5 Å². The van der Waals surface area contributed by atoms with Gasteiger partial charge in [-0.05, 0) is 54.8 Å². The molecule has 2 fully saturated rings. The number of amides is 2. The molecular formula is C30H31N3O6S. The Labute approximate surface area is 233 Å². The highest BCUT2D eigenvalue weighted by Gasteiger charge is 2.68. The molecule has 40 heavy (non-hydrogen) atoms. The Morgan fingerprint density at radius 2 is 1.62 bits per heavy atom. The first-order valence-corrected chi connectivity index (χ1v) is 14.8. The van der Waals surface area contributed by atoms with Crippen LogP contribution in [0.15, 0.2) is 83.8 Å². The highest BCUT2D eigenvalue weighted by Crippen LogP contribution is 2.59. The maximum atomic E-state index is 14.4. The van der Waals surface area contributed by atoms with E-state index in [1.807, 2.05) is 36.4 Å². The van der Waals surface area contributed by atoms with Crippen molar-refractivity contribution in [3.63, 3.8) is 0 Å². The lowest BCUT2D eigenvalue weighted by molar-refractivity contribution is -0.158. The van der Waals surface area contributed by atoms with Gasteiger partial charge in [-0.2, -0.15) is 0 Å². The molecule has 0 radical (unpaired) electrons. The summed E-state index contributed by atoms with van der Waals surface area (Å²) >= 11 is 0. The van der Waals surface area contributed by atoms with Gasteiger partial charge in [-0.3, -0.25) is 9.59 Å². The van der Waals surface area contributed by atoms with Crippen molar-refractivity contribution in [2.45, 2.75) is 48.3 Å². The highest BCUT2D eigenvalue weighted by atomic mass is 32.2. The maximum absolute atomic E-state index is 14.4. The van der Waals surface area contributed by atoms with E-state index in [1.165, 1.54) is 14.1 Å². The Balaban J connectivity index is 1.58. The van der Waals surface area contributed by atoms with Crippen molar-refractivity contribution < 1.29 is 27.9 Å². The van der Waals surface area contributed by atoms with E-state index in [0.717, 1.165) is 11.1 Å². The summed E-state index contributed by atoms with van der Waals surface area (Å²) in [6.45, 7) is 2.06. The summed E-state index contributed by atoms with van der Waals surface area (Å²) in [5.74, 6) is 0.116. The number of para-hydroxylation sites is 1. The summed E-state index contributed by atoms with van der Waals surface area (Å²) in [4.78, 5) is 30.6. The van der Waals surface area contributed by atoms with Crippen molar-refractivity contribution in [2.75, 3.05) is 24.6 Å². The normalized spacial score (nSPS) is 25.6. The quantitative estimate of drug-likeness (QED) is 0.445. The lowest BCUT2D eigenvalue weighted by Crippen LogP contribution is -2.65. The molecule has 10 heteroatoms. The molecule has 4 atom stereocenters. The molecule has 208 valence electrons. The van der Waals surface area contributed by atoms with Crippen molar-refractivity contribution in [3.05, 3.63) is 90.0 Å². The molecule has 3 aromatic rings. The van der Waals surface area contributed by atoms with Gasteiger partial charge in [-0.25, -0.2) is 12.7 Å². The molecule has 0 aromatic heterocycles. The van der Waals surface area contributed by atoms with Crippen LogP contribution in [-0.4, -0.2) is 73.6 Å². The molecule has 0 saturated carbocycles. The Morgan fingerprint density at radius 1 is 0.950 bits per heavy atom. The molecule has 0 aliphatic carbocycles. The summed E-state index contributed by atoms with van der Waals surface area (Å²) in [5, 5.41) is 9.08. The van der Waals surface area contributed by atoms with Crippen LogP contribution in [0.25, 0.3) is 0 Å². The molecule has 3 aliphatic heterocycles. The number of nitrogens with zero attached hydrogens (tertiary/aromatic N) is 3. The van der Waals surface area contributed by atoms with E-state index in [1.54, 1.807) is 56.4 Å². The van der Waals surface area contributed by atoms with E-state index in [-0.39, 0.29) is 29.7 Å². The number of aliphatic hydroxyl groups is 1. The minimum absolute atomic E-state index is 0.0253. The lowest BCUT2D eigenvalue weighted by atomic mass is 9.72. The van der Waals surface area contributed by atoms with Gasteiger partial charge in [0.2, 0.25) is 11.8 Å². The number of hydrogen-bond acceptors (Lipinski definition) is 6. The molecule has 3 aromatic carbocycles. The summed E-state index contributed by atoms with van der Waals surface area (Å²) < 4.78 is 35.8. The van der Waals surface area contributed by atoms with E-state index < -0.39 is 33.7 Å². The van der Waals surface area contributed by atoms with Crippen molar-refractivity contribution in [1.29, 1.82) is 0 Å². The van der Waals surface area contributed by atoms with Crippen molar-refractivity contribution in [1.82, 2.24) is 9.80 Å². The van der Waals surface area contributed by atoms with E-state index >= 15 is 0 Å². The first-order valence-electron chi connectivity index (χ1n) is 13.4.